The molecule has 6 nitrogen and oxygen atoms in total. The van der Waals surface area contributed by atoms with Gasteiger partial charge in [0.15, 0.2) is 0 Å². The summed E-state index contributed by atoms with van der Waals surface area (Å²) in [6.45, 7) is 0. The van der Waals surface area contributed by atoms with E-state index in [1.807, 2.05) is 0 Å². The molecule has 2 unspecified atom stereocenters. The van der Waals surface area contributed by atoms with E-state index in [2.05, 4.69) is 0 Å². The van der Waals surface area contributed by atoms with E-state index in [4.69, 9.17) is 5.73 Å². The van der Waals surface area contributed by atoms with Crippen molar-refractivity contribution in [2.75, 3.05) is 11.9 Å². The lowest BCUT2D eigenvalue weighted by atomic mass is 10.0. The Hall–Kier alpha value is -1.95. The number of hydrogen-bond donors (Lipinski definition) is 1. The Morgan fingerprint density at radius 3 is 2.47 bits per heavy atom. The second kappa shape index (κ2) is 5.36. The molecule has 0 radical (unpaired) electrons. The average Bonchev–Trinajstić information content (AvgIpc) is 2.83. The summed E-state index contributed by atoms with van der Waals surface area (Å²) in [6, 6.07) is 5.88. The third kappa shape index (κ3) is 2.73. The van der Waals surface area contributed by atoms with Gasteiger partial charge in [0.05, 0.1) is 10.8 Å². The molecule has 1 amide bonds. The topological polar surface area (TPSA) is 89.5 Å². The van der Waals surface area contributed by atoms with Crippen molar-refractivity contribution in [2.24, 2.45) is 11.7 Å². The van der Waals surface area contributed by atoms with Gasteiger partial charge in [0.1, 0.15) is 0 Å². The largest absolute Gasteiger partial charge is 0.327 e. The summed E-state index contributed by atoms with van der Waals surface area (Å²) in [5, 5.41) is 10.6. The molecule has 1 saturated carbocycles. The molecule has 1 fully saturated rings. The number of nitrogens with zero attached hydrogens (tertiary/aromatic N) is 2. The standard InChI is InChI=1S/C13H17N3O3/c1-15(13(17)11-3-2-4-12(11)14)9-5-7-10(8-6-9)16(18)19/h5-8,11-12H,2-4,14H2,1H3. The number of anilines is 1. The van der Waals surface area contributed by atoms with Crippen LogP contribution in [-0.4, -0.2) is 23.9 Å². The van der Waals surface area contributed by atoms with Crippen molar-refractivity contribution in [3.8, 4) is 0 Å². The quantitative estimate of drug-likeness (QED) is 0.663. The first-order valence-corrected chi connectivity index (χ1v) is 6.28. The van der Waals surface area contributed by atoms with Crippen molar-refractivity contribution in [3.05, 3.63) is 34.4 Å². The number of hydrogen-bond acceptors (Lipinski definition) is 4. The third-order valence-electron chi connectivity index (χ3n) is 3.67. The van der Waals surface area contributed by atoms with Crippen LogP contribution in [0, 0.1) is 16.0 Å². The summed E-state index contributed by atoms with van der Waals surface area (Å²) in [7, 11) is 1.68. The molecule has 102 valence electrons. The van der Waals surface area contributed by atoms with Crippen molar-refractivity contribution in [3.63, 3.8) is 0 Å². The highest BCUT2D eigenvalue weighted by atomic mass is 16.6. The lowest BCUT2D eigenvalue weighted by Gasteiger charge is -2.23. The number of nitro groups is 1. The number of amides is 1. The minimum absolute atomic E-state index is 0.0150. The molecule has 1 aromatic rings. The molecule has 0 aromatic heterocycles. The summed E-state index contributed by atoms with van der Waals surface area (Å²) in [5.41, 5.74) is 6.59. The van der Waals surface area contributed by atoms with Gasteiger partial charge >= 0.3 is 0 Å². The maximum absolute atomic E-state index is 12.3. The monoisotopic (exact) mass is 263 g/mol. The van der Waals surface area contributed by atoms with Crippen LogP contribution in [0.3, 0.4) is 0 Å². The molecular weight excluding hydrogens is 246 g/mol. The highest BCUT2D eigenvalue weighted by Crippen LogP contribution is 2.28. The summed E-state index contributed by atoms with van der Waals surface area (Å²) >= 11 is 0. The summed E-state index contributed by atoms with van der Waals surface area (Å²) in [6.07, 6.45) is 2.67. The van der Waals surface area contributed by atoms with E-state index in [0.717, 1.165) is 19.3 Å². The van der Waals surface area contributed by atoms with Gasteiger partial charge in [0.2, 0.25) is 5.91 Å². The Balaban J connectivity index is 2.12. The lowest BCUT2D eigenvalue weighted by molar-refractivity contribution is -0.384. The van der Waals surface area contributed by atoms with Crippen LogP contribution in [0.1, 0.15) is 19.3 Å². The number of carbonyl (C=O) groups excluding carboxylic acids is 1. The first-order valence-electron chi connectivity index (χ1n) is 6.28. The molecule has 0 heterocycles. The molecule has 1 aromatic carbocycles. The minimum atomic E-state index is -0.460. The number of benzene rings is 1. The smallest absolute Gasteiger partial charge is 0.269 e. The van der Waals surface area contributed by atoms with Gasteiger partial charge in [0.25, 0.3) is 5.69 Å². The van der Waals surface area contributed by atoms with E-state index in [1.165, 1.54) is 17.0 Å². The molecule has 1 aliphatic carbocycles. The fourth-order valence-electron chi connectivity index (χ4n) is 2.47. The van der Waals surface area contributed by atoms with Crippen molar-refractivity contribution < 1.29 is 9.72 Å². The number of nitrogens with two attached hydrogens (primary N) is 1. The Bertz CT molecular complexity index is 486. The molecule has 0 saturated heterocycles. The lowest BCUT2D eigenvalue weighted by Crippen LogP contribution is -2.39. The predicted molar refractivity (Wildman–Crippen MR) is 71.8 cm³/mol. The molecule has 0 aliphatic heterocycles. The van der Waals surface area contributed by atoms with Crippen molar-refractivity contribution in [2.45, 2.75) is 25.3 Å². The summed E-state index contributed by atoms with van der Waals surface area (Å²) < 4.78 is 0. The number of carbonyl (C=O) groups is 1. The van der Waals surface area contributed by atoms with Gasteiger partial charge in [-0.1, -0.05) is 6.42 Å². The highest BCUT2D eigenvalue weighted by molar-refractivity contribution is 5.95. The average molecular weight is 263 g/mol. The van der Waals surface area contributed by atoms with Gasteiger partial charge in [-0.05, 0) is 25.0 Å². The Labute approximate surface area is 111 Å². The fraction of sp³-hybridized carbons (Fsp3) is 0.462. The van der Waals surface area contributed by atoms with Gasteiger partial charge in [-0.15, -0.1) is 0 Å². The molecule has 0 bridgehead atoms. The van der Waals surface area contributed by atoms with E-state index in [9.17, 15) is 14.9 Å². The normalized spacial score (nSPS) is 22.2. The molecule has 19 heavy (non-hydrogen) atoms. The van der Waals surface area contributed by atoms with Crippen LogP contribution in [0.5, 0.6) is 0 Å². The third-order valence-corrected chi connectivity index (χ3v) is 3.67. The number of rotatable bonds is 3. The zero-order valence-electron chi connectivity index (χ0n) is 10.8. The molecule has 2 N–H and O–H groups in total. The Kier molecular flexibility index (Phi) is 3.80. The van der Waals surface area contributed by atoms with E-state index in [-0.39, 0.29) is 23.6 Å². The molecule has 2 atom stereocenters. The van der Waals surface area contributed by atoms with E-state index in [1.54, 1.807) is 19.2 Å². The zero-order valence-corrected chi connectivity index (χ0v) is 10.8. The summed E-state index contributed by atoms with van der Waals surface area (Å²) in [5.74, 6) is -0.154. The maximum atomic E-state index is 12.3. The molecular formula is C13H17N3O3. The second-order valence-corrected chi connectivity index (χ2v) is 4.87. The predicted octanol–water partition coefficient (Wildman–Crippen LogP) is 1.68. The first-order chi connectivity index (χ1) is 9.00. The maximum Gasteiger partial charge on any atom is 0.269 e. The van der Waals surface area contributed by atoms with Crippen LogP contribution >= 0.6 is 0 Å². The van der Waals surface area contributed by atoms with E-state index in [0.29, 0.717) is 5.69 Å². The van der Waals surface area contributed by atoms with Gasteiger partial charge in [-0.2, -0.15) is 0 Å². The van der Waals surface area contributed by atoms with Gasteiger partial charge < -0.3 is 10.6 Å². The van der Waals surface area contributed by atoms with Gasteiger partial charge in [-0.3, -0.25) is 14.9 Å². The van der Waals surface area contributed by atoms with Crippen LogP contribution in [-0.2, 0) is 4.79 Å². The van der Waals surface area contributed by atoms with E-state index >= 15 is 0 Å². The fourth-order valence-corrected chi connectivity index (χ4v) is 2.47. The van der Waals surface area contributed by atoms with Crippen LogP contribution < -0.4 is 10.6 Å². The molecule has 1 aliphatic rings. The van der Waals surface area contributed by atoms with Crippen molar-refractivity contribution in [1.82, 2.24) is 0 Å². The van der Waals surface area contributed by atoms with E-state index < -0.39 is 4.92 Å². The second-order valence-electron chi connectivity index (χ2n) is 4.87. The zero-order chi connectivity index (χ0) is 14.0. The van der Waals surface area contributed by atoms with Crippen LogP contribution in [0.25, 0.3) is 0 Å². The van der Waals surface area contributed by atoms with Crippen molar-refractivity contribution in [1.29, 1.82) is 0 Å². The Morgan fingerprint density at radius 2 is 2.00 bits per heavy atom. The molecule has 2 rings (SSSR count). The van der Waals surface area contributed by atoms with Crippen LogP contribution in [0.15, 0.2) is 24.3 Å². The molecule has 0 spiro atoms. The SMILES string of the molecule is CN(C(=O)C1CCCC1N)c1ccc([N+](=O)[O-])cc1. The first kappa shape index (κ1) is 13.5. The minimum Gasteiger partial charge on any atom is -0.327 e. The number of nitro benzene ring substituents is 1. The van der Waals surface area contributed by atoms with Gasteiger partial charge in [0, 0.05) is 30.9 Å². The number of non-ortho nitro benzene ring substituents is 1. The summed E-state index contributed by atoms with van der Waals surface area (Å²) in [4.78, 5) is 23.9. The van der Waals surface area contributed by atoms with Gasteiger partial charge in [-0.25, -0.2) is 0 Å². The van der Waals surface area contributed by atoms with Crippen molar-refractivity contribution >= 4 is 17.3 Å². The van der Waals surface area contributed by atoms with Crippen LogP contribution in [0.2, 0.25) is 0 Å². The molecule has 6 heteroatoms. The van der Waals surface area contributed by atoms with Crippen LogP contribution in [0.4, 0.5) is 11.4 Å². The highest BCUT2D eigenvalue weighted by Gasteiger charge is 2.32. The Morgan fingerprint density at radius 1 is 1.37 bits per heavy atom.